The highest BCUT2D eigenvalue weighted by molar-refractivity contribution is 6.08. The standard InChI is InChI=1S/C18H20N2O3/c1-11-7-8-15(12(2)9-11)19-16(21)10-20-17(22)13-5-3-4-6-14(13)18(20)23/h3-4,7-9,13-14H,5-6,10H2,1-2H3,(H,19,21). The minimum Gasteiger partial charge on any atom is -0.324 e. The van der Waals surface area contributed by atoms with E-state index in [0.29, 0.717) is 18.5 Å². The lowest BCUT2D eigenvalue weighted by atomic mass is 9.85. The van der Waals surface area contributed by atoms with E-state index in [1.165, 1.54) is 0 Å². The van der Waals surface area contributed by atoms with E-state index in [4.69, 9.17) is 0 Å². The van der Waals surface area contributed by atoms with Crippen LogP contribution in [-0.4, -0.2) is 29.2 Å². The average Bonchev–Trinajstić information content (AvgIpc) is 2.76. The second kappa shape index (κ2) is 5.99. The number of allylic oxidation sites excluding steroid dienone is 2. The minimum atomic E-state index is -0.342. The molecule has 2 unspecified atom stereocenters. The summed E-state index contributed by atoms with van der Waals surface area (Å²) in [6.45, 7) is 3.68. The summed E-state index contributed by atoms with van der Waals surface area (Å²) in [4.78, 5) is 38.0. The van der Waals surface area contributed by atoms with Gasteiger partial charge in [-0.3, -0.25) is 19.3 Å². The van der Waals surface area contributed by atoms with Crippen LogP contribution in [0.2, 0.25) is 0 Å². The monoisotopic (exact) mass is 312 g/mol. The van der Waals surface area contributed by atoms with Crippen LogP contribution in [0.5, 0.6) is 0 Å². The average molecular weight is 312 g/mol. The first-order valence-electron chi connectivity index (χ1n) is 7.84. The summed E-state index contributed by atoms with van der Waals surface area (Å²) in [6.07, 6.45) is 5.05. The van der Waals surface area contributed by atoms with Crippen LogP contribution >= 0.6 is 0 Å². The molecule has 0 aromatic heterocycles. The lowest BCUT2D eigenvalue weighted by molar-refractivity contribution is -0.142. The van der Waals surface area contributed by atoms with Gasteiger partial charge < -0.3 is 5.32 Å². The van der Waals surface area contributed by atoms with E-state index in [0.717, 1.165) is 16.0 Å². The molecule has 1 N–H and O–H groups in total. The normalized spacial score (nSPS) is 23.1. The number of imide groups is 1. The van der Waals surface area contributed by atoms with Crippen LogP contribution in [0.25, 0.3) is 0 Å². The van der Waals surface area contributed by atoms with Crippen molar-refractivity contribution in [1.82, 2.24) is 4.90 Å². The van der Waals surface area contributed by atoms with Crippen LogP contribution < -0.4 is 5.32 Å². The second-order valence-electron chi connectivity index (χ2n) is 6.28. The quantitative estimate of drug-likeness (QED) is 0.687. The first-order valence-corrected chi connectivity index (χ1v) is 7.84. The number of amides is 3. The van der Waals surface area contributed by atoms with Gasteiger partial charge in [0.2, 0.25) is 17.7 Å². The second-order valence-corrected chi connectivity index (χ2v) is 6.28. The zero-order valence-corrected chi connectivity index (χ0v) is 13.3. The maximum Gasteiger partial charge on any atom is 0.244 e. The molecule has 1 aromatic carbocycles. The highest BCUT2D eigenvalue weighted by Crippen LogP contribution is 2.34. The third-order valence-electron chi connectivity index (χ3n) is 4.56. The molecule has 0 spiro atoms. The predicted molar refractivity (Wildman–Crippen MR) is 86.6 cm³/mol. The van der Waals surface area contributed by atoms with Gasteiger partial charge in [-0.05, 0) is 38.3 Å². The van der Waals surface area contributed by atoms with E-state index in [1.807, 2.05) is 44.2 Å². The predicted octanol–water partition coefficient (Wildman–Crippen LogP) is 2.19. The van der Waals surface area contributed by atoms with Gasteiger partial charge in [-0.1, -0.05) is 29.8 Å². The molecular weight excluding hydrogens is 292 g/mol. The third kappa shape index (κ3) is 2.91. The summed E-state index contributed by atoms with van der Waals surface area (Å²) in [6, 6.07) is 5.72. The molecular formula is C18H20N2O3. The smallest absolute Gasteiger partial charge is 0.244 e. The molecule has 0 bridgehead atoms. The molecule has 2 aliphatic rings. The largest absolute Gasteiger partial charge is 0.324 e. The molecule has 23 heavy (non-hydrogen) atoms. The topological polar surface area (TPSA) is 66.5 Å². The Kier molecular flexibility index (Phi) is 4.03. The fraction of sp³-hybridized carbons (Fsp3) is 0.389. The Morgan fingerprint density at radius 3 is 2.30 bits per heavy atom. The molecule has 120 valence electrons. The van der Waals surface area contributed by atoms with Crippen molar-refractivity contribution in [3.8, 4) is 0 Å². The van der Waals surface area contributed by atoms with Gasteiger partial charge in [-0.15, -0.1) is 0 Å². The number of anilines is 1. The third-order valence-corrected chi connectivity index (χ3v) is 4.56. The number of likely N-dealkylation sites (tertiary alicyclic amines) is 1. The molecule has 3 rings (SSSR count). The molecule has 0 radical (unpaired) electrons. The Hall–Kier alpha value is -2.43. The summed E-state index contributed by atoms with van der Waals surface area (Å²) in [5.74, 6) is -1.37. The molecule has 2 atom stereocenters. The Morgan fingerprint density at radius 1 is 1.13 bits per heavy atom. The number of carbonyl (C=O) groups excluding carboxylic acids is 3. The molecule has 1 aliphatic heterocycles. The number of carbonyl (C=O) groups is 3. The maximum atomic E-state index is 12.3. The number of rotatable bonds is 3. The lowest BCUT2D eigenvalue weighted by Gasteiger charge is -2.15. The maximum absolute atomic E-state index is 12.3. The van der Waals surface area contributed by atoms with E-state index in [1.54, 1.807) is 0 Å². The van der Waals surface area contributed by atoms with E-state index in [2.05, 4.69) is 5.32 Å². The number of hydrogen-bond donors (Lipinski definition) is 1. The van der Waals surface area contributed by atoms with Crippen LogP contribution in [0.3, 0.4) is 0 Å². The molecule has 3 amide bonds. The Balaban J connectivity index is 1.68. The van der Waals surface area contributed by atoms with Gasteiger partial charge in [0.15, 0.2) is 0 Å². The summed E-state index contributed by atoms with van der Waals surface area (Å²) in [5.41, 5.74) is 2.77. The molecule has 1 fully saturated rings. The van der Waals surface area contributed by atoms with Crippen LogP contribution in [0.1, 0.15) is 24.0 Å². The zero-order chi connectivity index (χ0) is 16.6. The summed E-state index contributed by atoms with van der Waals surface area (Å²) >= 11 is 0. The number of hydrogen-bond acceptors (Lipinski definition) is 3. The van der Waals surface area contributed by atoms with E-state index < -0.39 is 0 Å². The minimum absolute atomic E-state index is 0.210. The molecule has 1 heterocycles. The van der Waals surface area contributed by atoms with Crippen molar-refractivity contribution in [2.45, 2.75) is 26.7 Å². The fourth-order valence-electron chi connectivity index (χ4n) is 3.31. The SMILES string of the molecule is Cc1ccc(NC(=O)CN2C(=O)C3CC=CCC3C2=O)c(C)c1. The molecule has 1 aromatic rings. The number of nitrogens with zero attached hydrogens (tertiary/aromatic N) is 1. The van der Waals surface area contributed by atoms with E-state index >= 15 is 0 Å². The van der Waals surface area contributed by atoms with E-state index in [9.17, 15) is 14.4 Å². The molecule has 1 aliphatic carbocycles. The highest BCUT2D eigenvalue weighted by atomic mass is 16.2. The number of aryl methyl sites for hydroxylation is 2. The summed E-state index contributed by atoms with van der Waals surface area (Å²) in [7, 11) is 0. The van der Waals surface area contributed by atoms with Crippen LogP contribution in [-0.2, 0) is 14.4 Å². The summed E-state index contributed by atoms with van der Waals surface area (Å²) in [5, 5.41) is 2.79. The van der Waals surface area contributed by atoms with Crippen molar-refractivity contribution in [3.63, 3.8) is 0 Å². The Labute approximate surface area is 135 Å². The van der Waals surface area contributed by atoms with Gasteiger partial charge in [0.25, 0.3) is 0 Å². The van der Waals surface area contributed by atoms with Gasteiger partial charge in [0.1, 0.15) is 6.54 Å². The van der Waals surface area contributed by atoms with Crippen molar-refractivity contribution in [1.29, 1.82) is 0 Å². The molecule has 1 saturated heterocycles. The van der Waals surface area contributed by atoms with Gasteiger partial charge >= 0.3 is 0 Å². The van der Waals surface area contributed by atoms with Crippen molar-refractivity contribution in [2.24, 2.45) is 11.8 Å². The Morgan fingerprint density at radius 2 is 1.74 bits per heavy atom. The van der Waals surface area contributed by atoms with Crippen molar-refractivity contribution in [3.05, 3.63) is 41.5 Å². The molecule has 5 heteroatoms. The lowest BCUT2D eigenvalue weighted by Crippen LogP contribution is -2.38. The molecule has 5 nitrogen and oxygen atoms in total. The highest BCUT2D eigenvalue weighted by Gasteiger charge is 2.47. The van der Waals surface area contributed by atoms with Gasteiger partial charge in [0, 0.05) is 5.69 Å². The molecule has 0 saturated carbocycles. The number of fused-ring (bicyclic) bond motifs is 1. The first-order chi connectivity index (χ1) is 11.0. The van der Waals surface area contributed by atoms with Crippen LogP contribution in [0.15, 0.2) is 30.4 Å². The van der Waals surface area contributed by atoms with Crippen molar-refractivity contribution >= 4 is 23.4 Å². The van der Waals surface area contributed by atoms with Crippen molar-refractivity contribution in [2.75, 3.05) is 11.9 Å². The first kappa shape index (κ1) is 15.5. The number of benzene rings is 1. The zero-order valence-electron chi connectivity index (χ0n) is 13.3. The number of nitrogens with one attached hydrogen (secondary N) is 1. The summed E-state index contributed by atoms with van der Waals surface area (Å²) < 4.78 is 0. The fourth-order valence-corrected chi connectivity index (χ4v) is 3.31. The van der Waals surface area contributed by atoms with Gasteiger partial charge in [-0.2, -0.15) is 0 Å². The van der Waals surface area contributed by atoms with E-state index in [-0.39, 0.29) is 36.1 Å². The van der Waals surface area contributed by atoms with Crippen molar-refractivity contribution < 1.29 is 14.4 Å². The Bertz CT molecular complexity index is 682. The van der Waals surface area contributed by atoms with Gasteiger partial charge in [-0.25, -0.2) is 0 Å². The van der Waals surface area contributed by atoms with Crippen LogP contribution in [0.4, 0.5) is 5.69 Å². The van der Waals surface area contributed by atoms with Crippen LogP contribution in [0, 0.1) is 25.7 Å². The van der Waals surface area contributed by atoms with Gasteiger partial charge in [0.05, 0.1) is 11.8 Å².